The largest absolute Gasteiger partial charge is 0.398 e. The van der Waals surface area contributed by atoms with Crippen molar-refractivity contribution < 1.29 is 0 Å². The molecule has 0 unspecified atom stereocenters. The summed E-state index contributed by atoms with van der Waals surface area (Å²) in [6, 6.07) is 7.71. The highest BCUT2D eigenvalue weighted by Crippen LogP contribution is 2.18. The van der Waals surface area contributed by atoms with Crippen molar-refractivity contribution in [1.82, 2.24) is 4.90 Å². The topological polar surface area (TPSA) is 53.1 Å². The van der Waals surface area contributed by atoms with Gasteiger partial charge in [-0.2, -0.15) is 5.26 Å². The summed E-state index contributed by atoms with van der Waals surface area (Å²) in [4.78, 5) is 2.44. The van der Waals surface area contributed by atoms with Crippen molar-refractivity contribution in [2.75, 3.05) is 18.8 Å². The van der Waals surface area contributed by atoms with Crippen LogP contribution in [0.1, 0.15) is 36.8 Å². The molecule has 3 heteroatoms. The number of nitrogens with zero attached hydrogens (tertiary/aromatic N) is 2. The highest BCUT2D eigenvalue weighted by molar-refractivity contribution is 5.51. The van der Waals surface area contributed by atoms with Gasteiger partial charge in [-0.3, -0.25) is 4.90 Å². The van der Waals surface area contributed by atoms with Crippen molar-refractivity contribution in [3.8, 4) is 6.07 Å². The number of benzene rings is 1. The Bertz CT molecular complexity index is 412. The van der Waals surface area contributed by atoms with Crippen molar-refractivity contribution in [1.29, 1.82) is 5.26 Å². The molecule has 0 saturated carbocycles. The van der Waals surface area contributed by atoms with Gasteiger partial charge in [0.25, 0.3) is 0 Å². The molecule has 1 fully saturated rings. The first-order valence-electron chi connectivity index (χ1n) is 6.30. The Kier molecular flexibility index (Phi) is 4.00. The zero-order valence-corrected chi connectivity index (χ0v) is 10.2. The molecule has 0 amide bonds. The number of hydrogen-bond acceptors (Lipinski definition) is 3. The minimum absolute atomic E-state index is 0.698. The summed E-state index contributed by atoms with van der Waals surface area (Å²) in [7, 11) is 0. The van der Waals surface area contributed by atoms with Gasteiger partial charge in [0, 0.05) is 12.2 Å². The summed E-state index contributed by atoms with van der Waals surface area (Å²) >= 11 is 0. The molecule has 0 spiro atoms. The Morgan fingerprint density at radius 3 is 2.53 bits per heavy atom. The molecule has 0 bridgehead atoms. The summed E-state index contributed by atoms with van der Waals surface area (Å²) in [6.45, 7) is 3.17. The van der Waals surface area contributed by atoms with Crippen LogP contribution >= 0.6 is 0 Å². The number of hydrogen-bond donors (Lipinski definition) is 1. The van der Waals surface area contributed by atoms with E-state index in [1.807, 2.05) is 12.1 Å². The quantitative estimate of drug-likeness (QED) is 0.793. The zero-order valence-electron chi connectivity index (χ0n) is 10.2. The van der Waals surface area contributed by atoms with Gasteiger partial charge in [-0.15, -0.1) is 0 Å². The lowest BCUT2D eigenvalue weighted by Gasteiger charge is -2.20. The van der Waals surface area contributed by atoms with E-state index in [2.05, 4.69) is 11.0 Å². The van der Waals surface area contributed by atoms with Crippen LogP contribution in [0.4, 0.5) is 5.69 Å². The maximum absolute atomic E-state index is 8.90. The van der Waals surface area contributed by atoms with Crippen molar-refractivity contribution >= 4 is 5.69 Å². The van der Waals surface area contributed by atoms with E-state index >= 15 is 0 Å². The number of nitrogens with two attached hydrogens (primary N) is 1. The molecule has 0 aromatic heterocycles. The third-order valence-corrected chi connectivity index (χ3v) is 3.36. The highest BCUT2D eigenvalue weighted by Gasteiger charge is 2.11. The SMILES string of the molecule is N#Cc1ccc(N)c(CN2CCCCCC2)c1. The number of rotatable bonds is 2. The second kappa shape index (κ2) is 5.70. The molecule has 17 heavy (non-hydrogen) atoms. The molecule has 1 heterocycles. The maximum atomic E-state index is 8.90. The van der Waals surface area contributed by atoms with Crippen LogP contribution in [0.5, 0.6) is 0 Å². The lowest BCUT2D eigenvalue weighted by Crippen LogP contribution is -2.24. The minimum Gasteiger partial charge on any atom is -0.398 e. The summed E-state index contributed by atoms with van der Waals surface area (Å²) in [6.07, 6.45) is 5.23. The number of nitrogen functional groups attached to an aromatic ring is 1. The van der Waals surface area contributed by atoms with E-state index in [0.717, 1.165) is 30.9 Å². The Balaban J connectivity index is 2.09. The van der Waals surface area contributed by atoms with Gasteiger partial charge in [0.05, 0.1) is 11.6 Å². The summed E-state index contributed by atoms with van der Waals surface area (Å²) < 4.78 is 0. The van der Waals surface area contributed by atoms with Crippen LogP contribution in [0.2, 0.25) is 0 Å². The molecule has 0 radical (unpaired) electrons. The third-order valence-electron chi connectivity index (χ3n) is 3.36. The zero-order chi connectivity index (χ0) is 12.1. The van der Waals surface area contributed by atoms with E-state index < -0.39 is 0 Å². The van der Waals surface area contributed by atoms with Crippen LogP contribution in [0.15, 0.2) is 18.2 Å². The number of likely N-dealkylation sites (tertiary alicyclic amines) is 1. The molecule has 2 N–H and O–H groups in total. The van der Waals surface area contributed by atoms with Crippen molar-refractivity contribution in [3.63, 3.8) is 0 Å². The molecule has 1 aliphatic heterocycles. The van der Waals surface area contributed by atoms with Gasteiger partial charge in [-0.05, 0) is 49.7 Å². The van der Waals surface area contributed by atoms with Gasteiger partial charge in [0.2, 0.25) is 0 Å². The fourth-order valence-corrected chi connectivity index (χ4v) is 2.35. The van der Waals surface area contributed by atoms with E-state index in [1.54, 1.807) is 6.07 Å². The van der Waals surface area contributed by atoms with Crippen molar-refractivity contribution in [3.05, 3.63) is 29.3 Å². The Hall–Kier alpha value is -1.53. The molecule has 2 rings (SSSR count). The van der Waals surface area contributed by atoms with Crippen LogP contribution in [0.3, 0.4) is 0 Å². The lowest BCUT2D eigenvalue weighted by molar-refractivity contribution is 0.277. The molecular formula is C14H19N3. The fraction of sp³-hybridized carbons (Fsp3) is 0.500. The van der Waals surface area contributed by atoms with E-state index in [4.69, 9.17) is 11.0 Å². The van der Waals surface area contributed by atoms with Gasteiger partial charge < -0.3 is 5.73 Å². The average molecular weight is 229 g/mol. The second-order valence-corrected chi connectivity index (χ2v) is 4.72. The predicted molar refractivity (Wildman–Crippen MR) is 69.3 cm³/mol. The lowest BCUT2D eigenvalue weighted by atomic mass is 10.1. The number of anilines is 1. The first-order chi connectivity index (χ1) is 8.29. The Labute approximate surface area is 103 Å². The van der Waals surface area contributed by atoms with Crippen molar-refractivity contribution in [2.24, 2.45) is 0 Å². The fourth-order valence-electron chi connectivity index (χ4n) is 2.35. The molecule has 1 aliphatic rings. The van der Waals surface area contributed by atoms with Gasteiger partial charge in [0.1, 0.15) is 0 Å². The van der Waals surface area contributed by atoms with Gasteiger partial charge in [0.15, 0.2) is 0 Å². The van der Waals surface area contributed by atoms with Crippen LogP contribution in [-0.4, -0.2) is 18.0 Å². The number of nitriles is 1. The van der Waals surface area contributed by atoms with Gasteiger partial charge >= 0.3 is 0 Å². The second-order valence-electron chi connectivity index (χ2n) is 4.72. The molecule has 1 saturated heterocycles. The van der Waals surface area contributed by atoms with E-state index in [-0.39, 0.29) is 0 Å². The maximum Gasteiger partial charge on any atom is 0.0991 e. The van der Waals surface area contributed by atoms with E-state index in [0.29, 0.717) is 5.56 Å². The van der Waals surface area contributed by atoms with Crippen LogP contribution in [0.25, 0.3) is 0 Å². The molecular weight excluding hydrogens is 210 g/mol. The molecule has 1 aromatic rings. The Morgan fingerprint density at radius 1 is 1.18 bits per heavy atom. The van der Waals surface area contributed by atoms with E-state index in [1.165, 1.54) is 25.7 Å². The van der Waals surface area contributed by atoms with Gasteiger partial charge in [-0.1, -0.05) is 12.8 Å². The summed E-state index contributed by atoms with van der Waals surface area (Å²) in [5.41, 5.74) is 8.55. The van der Waals surface area contributed by atoms with Crippen LogP contribution in [-0.2, 0) is 6.54 Å². The smallest absolute Gasteiger partial charge is 0.0991 e. The first-order valence-corrected chi connectivity index (χ1v) is 6.30. The molecule has 0 aliphatic carbocycles. The first kappa shape index (κ1) is 11.9. The third kappa shape index (κ3) is 3.21. The Morgan fingerprint density at radius 2 is 1.88 bits per heavy atom. The highest BCUT2D eigenvalue weighted by atomic mass is 15.1. The van der Waals surface area contributed by atoms with Crippen molar-refractivity contribution in [2.45, 2.75) is 32.2 Å². The van der Waals surface area contributed by atoms with Crippen LogP contribution in [0, 0.1) is 11.3 Å². The molecule has 3 nitrogen and oxygen atoms in total. The standard InChI is InChI=1S/C14H19N3/c15-10-12-5-6-14(16)13(9-12)11-17-7-3-1-2-4-8-17/h5-6,9H,1-4,7-8,11,16H2. The summed E-state index contributed by atoms with van der Waals surface area (Å²) in [5, 5.41) is 8.90. The van der Waals surface area contributed by atoms with Gasteiger partial charge in [-0.25, -0.2) is 0 Å². The predicted octanol–water partition coefficient (Wildman–Crippen LogP) is 2.52. The monoisotopic (exact) mass is 229 g/mol. The normalized spacial score (nSPS) is 17.4. The molecule has 1 aromatic carbocycles. The van der Waals surface area contributed by atoms with Crippen LogP contribution < -0.4 is 5.73 Å². The summed E-state index contributed by atoms with van der Waals surface area (Å²) in [5.74, 6) is 0. The van der Waals surface area contributed by atoms with E-state index in [9.17, 15) is 0 Å². The minimum atomic E-state index is 0.698. The molecule has 90 valence electrons. The average Bonchev–Trinajstić information content (AvgIpc) is 2.60. The molecule has 0 atom stereocenters.